The van der Waals surface area contributed by atoms with Gasteiger partial charge in [-0.05, 0) is 48.7 Å². The highest BCUT2D eigenvalue weighted by atomic mass is 32.2. The van der Waals surface area contributed by atoms with Crippen LogP contribution in [-0.2, 0) is 21.2 Å². The van der Waals surface area contributed by atoms with Gasteiger partial charge in [0, 0.05) is 18.7 Å². The van der Waals surface area contributed by atoms with Crippen LogP contribution >= 0.6 is 0 Å². The van der Waals surface area contributed by atoms with E-state index in [9.17, 15) is 17.6 Å². The quantitative estimate of drug-likeness (QED) is 0.764. The van der Waals surface area contributed by atoms with Crippen molar-refractivity contribution in [2.75, 3.05) is 22.4 Å². The van der Waals surface area contributed by atoms with E-state index in [-0.39, 0.29) is 18.9 Å². The molecule has 0 spiro atoms. The van der Waals surface area contributed by atoms with Crippen molar-refractivity contribution in [2.45, 2.75) is 26.2 Å². The summed E-state index contributed by atoms with van der Waals surface area (Å²) in [4.78, 5) is 12.0. The number of amides is 1. The van der Waals surface area contributed by atoms with Gasteiger partial charge in [-0.1, -0.05) is 25.1 Å². The predicted molar refractivity (Wildman–Crippen MR) is 102 cm³/mol. The first-order chi connectivity index (χ1) is 12.3. The van der Waals surface area contributed by atoms with Crippen molar-refractivity contribution in [3.8, 4) is 0 Å². The van der Waals surface area contributed by atoms with Crippen molar-refractivity contribution in [3.63, 3.8) is 0 Å². The minimum Gasteiger partial charge on any atom is -0.326 e. The van der Waals surface area contributed by atoms with Gasteiger partial charge < -0.3 is 5.32 Å². The van der Waals surface area contributed by atoms with Gasteiger partial charge >= 0.3 is 0 Å². The molecule has 0 aliphatic rings. The second kappa shape index (κ2) is 8.80. The number of nitrogens with zero attached hydrogens (tertiary/aromatic N) is 1. The molecule has 0 heterocycles. The van der Waals surface area contributed by atoms with Crippen LogP contribution in [0.2, 0.25) is 0 Å². The molecule has 1 N–H and O–H groups in total. The fourth-order valence-corrected chi connectivity index (χ4v) is 3.52. The summed E-state index contributed by atoms with van der Waals surface area (Å²) in [5.74, 6) is -0.716. The number of aryl methyl sites for hydroxylation is 1. The Bertz CT molecular complexity index is 851. The van der Waals surface area contributed by atoms with E-state index in [0.717, 1.165) is 18.2 Å². The lowest BCUT2D eigenvalue weighted by Gasteiger charge is -2.22. The van der Waals surface area contributed by atoms with Crippen LogP contribution in [0.1, 0.15) is 25.3 Å². The number of anilines is 2. The van der Waals surface area contributed by atoms with E-state index in [4.69, 9.17) is 0 Å². The van der Waals surface area contributed by atoms with E-state index in [2.05, 4.69) is 5.32 Å². The SMILES string of the molecule is CCc1ccc(N(CCCC(=O)Nc2cccc(F)c2)S(C)(=O)=O)cc1. The van der Waals surface area contributed by atoms with Gasteiger partial charge in [-0.25, -0.2) is 12.8 Å². The fraction of sp³-hybridized carbons (Fsp3) is 0.316. The predicted octanol–water partition coefficient (Wildman–Crippen LogP) is 3.57. The molecule has 0 aromatic heterocycles. The van der Waals surface area contributed by atoms with Crippen molar-refractivity contribution < 1.29 is 17.6 Å². The lowest BCUT2D eigenvalue weighted by atomic mass is 10.1. The van der Waals surface area contributed by atoms with Gasteiger partial charge in [-0.15, -0.1) is 0 Å². The van der Waals surface area contributed by atoms with E-state index >= 15 is 0 Å². The minimum absolute atomic E-state index is 0.135. The Morgan fingerprint density at radius 2 is 1.85 bits per heavy atom. The standard InChI is InChI=1S/C19H23FN2O3S/c1-3-15-9-11-18(12-10-15)22(26(2,24)25)13-5-8-19(23)21-17-7-4-6-16(20)14-17/h4,6-7,9-12,14H,3,5,8,13H2,1-2H3,(H,21,23). The summed E-state index contributed by atoms with van der Waals surface area (Å²) in [5, 5.41) is 2.60. The summed E-state index contributed by atoms with van der Waals surface area (Å²) < 4.78 is 38.6. The van der Waals surface area contributed by atoms with Crippen molar-refractivity contribution in [2.24, 2.45) is 0 Å². The summed E-state index contributed by atoms with van der Waals surface area (Å²) in [6.45, 7) is 2.22. The second-order valence-corrected chi connectivity index (χ2v) is 7.92. The number of benzene rings is 2. The maximum absolute atomic E-state index is 13.1. The number of rotatable bonds is 8. The van der Waals surface area contributed by atoms with Gasteiger partial charge in [-0.2, -0.15) is 0 Å². The summed E-state index contributed by atoms with van der Waals surface area (Å²) in [7, 11) is -3.45. The zero-order chi connectivity index (χ0) is 19.2. The minimum atomic E-state index is -3.45. The van der Waals surface area contributed by atoms with E-state index in [1.165, 1.54) is 22.5 Å². The molecule has 5 nitrogen and oxygen atoms in total. The van der Waals surface area contributed by atoms with Crippen LogP contribution in [0, 0.1) is 5.82 Å². The van der Waals surface area contributed by atoms with Crippen LogP contribution in [0.3, 0.4) is 0 Å². The monoisotopic (exact) mass is 378 g/mol. The molecule has 0 unspecified atom stereocenters. The zero-order valence-corrected chi connectivity index (χ0v) is 15.7. The Labute approximate surface area is 153 Å². The van der Waals surface area contributed by atoms with Gasteiger partial charge in [0.2, 0.25) is 15.9 Å². The fourth-order valence-electron chi connectivity index (χ4n) is 2.56. The molecule has 2 rings (SSSR count). The van der Waals surface area contributed by atoms with Crippen molar-refractivity contribution >= 4 is 27.3 Å². The van der Waals surface area contributed by atoms with Crippen LogP contribution < -0.4 is 9.62 Å². The molecule has 0 bridgehead atoms. The molecule has 26 heavy (non-hydrogen) atoms. The lowest BCUT2D eigenvalue weighted by Crippen LogP contribution is -2.31. The molecule has 1 amide bonds. The molecular weight excluding hydrogens is 355 g/mol. The molecule has 0 aliphatic heterocycles. The smallest absolute Gasteiger partial charge is 0.232 e. The first-order valence-electron chi connectivity index (χ1n) is 8.41. The second-order valence-electron chi connectivity index (χ2n) is 6.02. The molecule has 0 radical (unpaired) electrons. The number of halogens is 1. The maximum Gasteiger partial charge on any atom is 0.232 e. The van der Waals surface area contributed by atoms with Gasteiger partial charge in [0.05, 0.1) is 11.9 Å². The number of carbonyl (C=O) groups is 1. The molecule has 0 atom stereocenters. The third-order valence-electron chi connectivity index (χ3n) is 3.91. The van der Waals surface area contributed by atoms with Crippen LogP contribution in [-0.4, -0.2) is 27.1 Å². The average molecular weight is 378 g/mol. The number of carbonyl (C=O) groups excluding carboxylic acids is 1. The van der Waals surface area contributed by atoms with Crippen molar-refractivity contribution in [1.29, 1.82) is 0 Å². The van der Waals surface area contributed by atoms with E-state index in [1.54, 1.807) is 18.2 Å². The molecular formula is C19H23FN2O3S. The Kier molecular flexibility index (Phi) is 6.74. The van der Waals surface area contributed by atoms with E-state index < -0.39 is 15.8 Å². The van der Waals surface area contributed by atoms with Gasteiger partial charge in [0.1, 0.15) is 5.82 Å². The average Bonchev–Trinajstić information content (AvgIpc) is 2.58. The molecule has 0 fully saturated rings. The topological polar surface area (TPSA) is 66.5 Å². The number of nitrogens with one attached hydrogen (secondary N) is 1. The van der Waals surface area contributed by atoms with Crippen LogP contribution in [0.25, 0.3) is 0 Å². The first kappa shape index (κ1) is 19.9. The molecule has 0 aliphatic carbocycles. The van der Waals surface area contributed by atoms with Crippen LogP contribution in [0.4, 0.5) is 15.8 Å². The summed E-state index contributed by atoms with van der Waals surface area (Å²) in [6.07, 6.45) is 2.51. The Balaban J connectivity index is 1.96. The largest absolute Gasteiger partial charge is 0.326 e. The van der Waals surface area contributed by atoms with Crippen LogP contribution in [0.5, 0.6) is 0 Å². The molecule has 2 aromatic rings. The maximum atomic E-state index is 13.1. The van der Waals surface area contributed by atoms with Crippen LogP contribution in [0.15, 0.2) is 48.5 Å². The van der Waals surface area contributed by atoms with Gasteiger partial charge in [0.25, 0.3) is 0 Å². The highest BCUT2D eigenvalue weighted by Crippen LogP contribution is 2.19. The Morgan fingerprint density at radius 3 is 2.42 bits per heavy atom. The zero-order valence-electron chi connectivity index (χ0n) is 14.9. The van der Waals surface area contributed by atoms with Gasteiger partial charge in [-0.3, -0.25) is 9.10 Å². The molecule has 0 saturated carbocycles. The molecule has 0 saturated heterocycles. The number of hydrogen-bond donors (Lipinski definition) is 1. The highest BCUT2D eigenvalue weighted by Gasteiger charge is 2.17. The molecule has 7 heteroatoms. The normalized spacial score (nSPS) is 11.2. The molecule has 2 aromatic carbocycles. The van der Waals surface area contributed by atoms with Crippen molar-refractivity contribution in [1.82, 2.24) is 0 Å². The first-order valence-corrected chi connectivity index (χ1v) is 10.3. The summed E-state index contributed by atoms with van der Waals surface area (Å²) in [6, 6.07) is 13.0. The van der Waals surface area contributed by atoms with E-state index in [0.29, 0.717) is 17.8 Å². The highest BCUT2D eigenvalue weighted by molar-refractivity contribution is 7.92. The van der Waals surface area contributed by atoms with Crippen molar-refractivity contribution in [3.05, 3.63) is 59.9 Å². The number of sulfonamides is 1. The molecule has 140 valence electrons. The summed E-state index contributed by atoms with van der Waals surface area (Å²) in [5.41, 5.74) is 2.08. The van der Waals surface area contributed by atoms with Gasteiger partial charge in [0.15, 0.2) is 0 Å². The Hall–Kier alpha value is -2.41. The third-order valence-corrected chi connectivity index (χ3v) is 5.10. The number of hydrogen-bond acceptors (Lipinski definition) is 3. The Morgan fingerprint density at radius 1 is 1.15 bits per heavy atom. The third kappa shape index (κ3) is 5.84. The summed E-state index contributed by atoms with van der Waals surface area (Å²) >= 11 is 0. The lowest BCUT2D eigenvalue weighted by molar-refractivity contribution is -0.116. The van der Waals surface area contributed by atoms with E-state index in [1.807, 2.05) is 19.1 Å².